The Balaban J connectivity index is 1.49. The van der Waals surface area contributed by atoms with Gasteiger partial charge in [0.1, 0.15) is 0 Å². The van der Waals surface area contributed by atoms with Crippen LogP contribution in [0.1, 0.15) is 45.1 Å². The van der Waals surface area contributed by atoms with E-state index in [0.717, 1.165) is 24.9 Å². The number of piperidine rings is 2. The highest BCUT2D eigenvalue weighted by atomic mass is 32.2. The zero-order valence-electron chi connectivity index (χ0n) is 19.1. The number of hydrogen-bond donors (Lipinski definition) is 1. The van der Waals surface area contributed by atoms with Gasteiger partial charge in [0, 0.05) is 50.0 Å². The quantitative estimate of drug-likeness (QED) is 0.676. The summed E-state index contributed by atoms with van der Waals surface area (Å²) in [6.45, 7) is 6.47. The molecule has 2 amide bonds. The van der Waals surface area contributed by atoms with Gasteiger partial charge < -0.3 is 10.2 Å². The number of amides is 2. The maximum absolute atomic E-state index is 13.1. The number of rotatable bonds is 7. The molecular formula is C24H35N3O4S. The van der Waals surface area contributed by atoms with Gasteiger partial charge in [0.15, 0.2) is 0 Å². The predicted molar refractivity (Wildman–Crippen MR) is 126 cm³/mol. The molecule has 1 aromatic carbocycles. The summed E-state index contributed by atoms with van der Waals surface area (Å²) in [6.07, 6.45) is 4.64. The summed E-state index contributed by atoms with van der Waals surface area (Å²) in [5.41, 5.74) is 0.838. The second kappa shape index (κ2) is 11.1. The van der Waals surface area contributed by atoms with Crippen molar-refractivity contribution in [2.45, 2.75) is 39.5 Å². The molecule has 1 aromatic rings. The van der Waals surface area contributed by atoms with Gasteiger partial charge in [-0.05, 0) is 43.2 Å². The van der Waals surface area contributed by atoms with E-state index < -0.39 is 10.0 Å². The minimum absolute atomic E-state index is 0.0414. The summed E-state index contributed by atoms with van der Waals surface area (Å²) in [6, 6.07) is 9.34. The topological polar surface area (TPSA) is 86.8 Å². The highest BCUT2D eigenvalue weighted by Gasteiger charge is 2.34. The molecule has 2 saturated heterocycles. The van der Waals surface area contributed by atoms with Crippen LogP contribution in [0.2, 0.25) is 0 Å². The molecule has 0 bridgehead atoms. The number of carbonyl (C=O) groups excluding carboxylic acids is 2. The first-order chi connectivity index (χ1) is 15.3. The normalized spacial score (nSPS) is 21.2. The fourth-order valence-corrected chi connectivity index (χ4v) is 5.53. The molecule has 0 radical (unpaired) electrons. The summed E-state index contributed by atoms with van der Waals surface area (Å²) in [5.74, 6) is 0.271. The van der Waals surface area contributed by atoms with Crippen molar-refractivity contribution in [3.05, 3.63) is 41.3 Å². The summed E-state index contributed by atoms with van der Waals surface area (Å²) < 4.78 is 26.8. The predicted octanol–water partition coefficient (Wildman–Crippen LogP) is 2.71. The minimum Gasteiger partial charge on any atom is -0.356 e. The molecule has 2 heterocycles. The average molecular weight is 462 g/mol. The minimum atomic E-state index is -3.50. The molecule has 0 aromatic heterocycles. The Hall–Kier alpha value is -2.19. The van der Waals surface area contributed by atoms with Crippen LogP contribution in [0.3, 0.4) is 0 Å². The van der Waals surface area contributed by atoms with E-state index in [1.54, 1.807) is 6.08 Å². The van der Waals surface area contributed by atoms with E-state index in [1.165, 1.54) is 9.71 Å². The van der Waals surface area contributed by atoms with Crippen molar-refractivity contribution >= 4 is 27.9 Å². The first kappa shape index (κ1) is 24.5. The molecule has 1 atom stereocenters. The monoisotopic (exact) mass is 461 g/mol. The average Bonchev–Trinajstić information content (AvgIpc) is 2.81. The number of hydrogen-bond acceptors (Lipinski definition) is 4. The Morgan fingerprint density at radius 3 is 2.44 bits per heavy atom. The van der Waals surface area contributed by atoms with Crippen LogP contribution in [0.15, 0.2) is 35.7 Å². The van der Waals surface area contributed by atoms with Gasteiger partial charge >= 0.3 is 0 Å². The van der Waals surface area contributed by atoms with Crippen LogP contribution < -0.4 is 5.32 Å². The molecule has 176 valence electrons. The van der Waals surface area contributed by atoms with Gasteiger partial charge in [-0.1, -0.05) is 44.2 Å². The molecule has 2 aliphatic rings. The number of likely N-dealkylation sites (tertiary alicyclic amines) is 1. The second-order valence-corrected chi connectivity index (χ2v) is 10.9. The van der Waals surface area contributed by atoms with Crippen molar-refractivity contribution < 1.29 is 18.0 Å². The maximum atomic E-state index is 13.1. The molecule has 1 N–H and O–H groups in total. The smallest absolute Gasteiger partial charge is 0.236 e. The fourth-order valence-electron chi connectivity index (χ4n) is 4.31. The van der Waals surface area contributed by atoms with Crippen LogP contribution in [0.4, 0.5) is 0 Å². The summed E-state index contributed by atoms with van der Waals surface area (Å²) in [4.78, 5) is 26.8. The lowest BCUT2D eigenvalue weighted by molar-refractivity contribution is -0.138. The fraction of sp³-hybridized carbons (Fsp3) is 0.583. The van der Waals surface area contributed by atoms with Crippen molar-refractivity contribution in [2.75, 3.05) is 32.7 Å². The van der Waals surface area contributed by atoms with Gasteiger partial charge in [0.05, 0.1) is 0 Å². The Labute approximate surface area is 191 Å². The SMILES string of the molecule is CC(C)C(=O)NC[C@@H]1CCCN(C(=O)C2CCN(S(=O)(=O)/C=C\c3ccccc3)CC2)C1. The molecule has 0 unspecified atom stereocenters. The highest BCUT2D eigenvalue weighted by Crippen LogP contribution is 2.25. The van der Waals surface area contributed by atoms with Gasteiger partial charge in [-0.15, -0.1) is 0 Å². The first-order valence-corrected chi connectivity index (χ1v) is 13.1. The Kier molecular flexibility index (Phi) is 8.48. The van der Waals surface area contributed by atoms with Crippen LogP contribution in [0.25, 0.3) is 6.08 Å². The molecule has 0 saturated carbocycles. The molecule has 7 nitrogen and oxygen atoms in total. The third-order valence-electron chi connectivity index (χ3n) is 6.32. The lowest BCUT2D eigenvalue weighted by Crippen LogP contribution is -2.48. The van der Waals surface area contributed by atoms with Crippen molar-refractivity contribution in [1.82, 2.24) is 14.5 Å². The molecule has 32 heavy (non-hydrogen) atoms. The summed E-state index contributed by atoms with van der Waals surface area (Å²) in [7, 11) is -3.50. The number of carbonyl (C=O) groups is 2. The molecule has 8 heteroatoms. The van der Waals surface area contributed by atoms with Gasteiger partial charge in [0.2, 0.25) is 21.8 Å². The van der Waals surface area contributed by atoms with Crippen molar-refractivity contribution in [2.24, 2.45) is 17.8 Å². The van der Waals surface area contributed by atoms with Crippen LogP contribution in [-0.2, 0) is 19.6 Å². The van der Waals surface area contributed by atoms with Crippen LogP contribution in [0, 0.1) is 17.8 Å². The summed E-state index contributed by atoms with van der Waals surface area (Å²) in [5, 5.41) is 4.24. The van der Waals surface area contributed by atoms with Crippen LogP contribution in [-0.4, -0.2) is 62.2 Å². The zero-order chi connectivity index (χ0) is 23.1. The first-order valence-electron chi connectivity index (χ1n) is 11.6. The second-order valence-electron chi connectivity index (χ2n) is 9.12. The van der Waals surface area contributed by atoms with E-state index in [2.05, 4.69) is 5.32 Å². The Bertz CT molecular complexity index is 906. The number of benzene rings is 1. The van der Waals surface area contributed by atoms with Gasteiger partial charge in [0.25, 0.3) is 0 Å². The molecule has 2 fully saturated rings. The maximum Gasteiger partial charge on any atom is 0.236 e. The molecule has 0 spiro atoms. The highest BCUT2D eigenvalue weighted by molar-refractivity contribution is 7.92. The lowest BCUT2D eigenvalue weighted by Gasteiger charge is -2.37. The van der Waals surface area contributed by atoms with Crippen molar-refractivity contribution in [1.29, 1.82) is 0 Å². The molecular weight excluding hydrogens is 426 g/mol. The number of nitrogens with one attached hydrogen (secondary N) is 1. The van der Waals surface area contributed by atoms with Crippen molar-refractivity contribution in [3.63, 3.8) is 0 Å². The van der Waals surface area contributed by atoms with Crippen LogP contribution in [0.5, 0.6) is 0 Å². The van der Waals surface area contributed by atoms with E-state index in [4.69, 9.17) is 0 Å². The van der Waals surface area contributed by atoms with Crippen molar-refractivity contribution in [3.8, 4) is 0 Å². The summed E-state index contributed by atoms with van der Waals surface area (Å²) >= 11 is 0. The van der Waals surface area contributed by atoms with E-state index >= 15 is 0 Å². The van der Waals surface area contributed by atoms with Gasteiger partial charge in [-0.25, -0.2) is 8.42 Å². The number of sulfonamides is 1. The van der Waals surface area contributed by atoms with Gasteiger partial charge in [-0.3, -0.25) is 9.59 Å². The molecule has 0 aliphatic carbocycles. The van der Waals surface area contributed by atoms with E-state index in [1.807, 2.05) is 49.1 Å². The Morgan fingerprint density at radius 1 is 1.09 bits per heavy atom. The third kappa shape index (κ3) is 6.65. The van der Waals surface area contributed by atoms with Crippen LogP contribution >= 0.6 is 0 Å². The molecule has 2 aliphatic heterocycles. The zero-order valence-corrected chi connectivity index (χ0v) is 19.9. The lowest BCUT2D eigenvalue weighted by atomic mass is 9.92. The Morgan fingerprint density at radius 2 is 1.78 bits per heavy atom. The molecule has 3 rings (SSSR count). The largest absolute Gasteiger partial charge is 0.356 e. The standard InChI is InChI=1S/C24H35N3O4S/c1-19(2)23(28)25-17-21-9-6-13-26(18-21)24(29)22-10-14-27(15-11-22)32(30,31)16-12-20-7-4-3-5-8-20/h3-5,7-8,12,16,19,21-22H,6,9-11,13-15,17-18H2,1-2H3,(H,25,28)/b16-12-/t21-/m0/s1. The number of nitrogens with zero attached hydrogens (tertiary/aromatic N) is 2. The third-order valence-corrected chi connectivity index (χ3v) is 7.88. The van der Waals surface area contributed by atoms with Gasteiger partial charge in [-0.2, -0.15) is 4.31 Å². The van der Waals surface area contributed by atoms with E-state index in [9.17, 15) is 18.0 Å². The van der Waals surface area contributed by atoms with E-state index in [-0.39, 0.29) is 29.6 Å². The van der Waals surface area contributed by atoms with E-state index in [0.29, 0.717) is 39.0 Å².